The molecule has 0 aromatic rings. The molecule has 12 heavy (non-hydrogen) atoms. The van der Waals surface area contributed by atoms with E-state index >= 15 is 0 Å². The molecule has 0 radical (unpaired) electrons. The molecule has 0 amide bonds. The SMILES string of the molecule is B1=BB=BB=B/C=C/B=BB=B1. The Morgan fingerprint density at radius 2 is 0.750 bits per heavy atom. The van der Waals surface area contributed by atoms with Gasteiger partial charge in [0.05, 0.1) is 0 Å². The van der Waals surface area contributed by atoms with E-state index in [2.05, 4.69) is 0 Å². The molecule has 0 bridgehead atoms. The summed E-state index contributed by atoms with van der Waals surface area (Å²) in [5, 5.41) is 0. The van der Waals surface area contributed by atoms with Crippen molar-refractivity contribution in [2.45, 2.75) is 0 Å². The average Bonchev–Trinajstić information content (AvgIpc) is 2.05. The fraction of sp³-hybridized carbons (Fsp3) is 0. The molecule has 0 aromatic heterocycles. The molecule has 1 aliphatic heterocycles. The van der Waals surface area contributed by atoms with Crippen molar-refractivity contribution in [1.82, 2.24) is 0 Å². The van der Waals surface area contributed by atoms with Crippen LogP contribution in [-0.4, -0.2) is 67.1 Å². The summed E-state index contributed by atoms with van der Waals surface area (Å²) in [5.41, 5.74) is 0. The Balaban J connectivity index is 2.67. The van der Waals surface area contributed by atoms with Crippen LogP contribution in [0.1, 0.15) is 0 Å². The van der Waals surface area contributed by atoms with E-state index in [1.54, 1.807) is 0 Å². The minimum atomic E-state index is 2.00. The van der Waals surface area contributed by atoms with E-state index in [1.807, 2.05) is 79.1 Å². The second kappa shape index (κ2) is 8.01. The summed E-state index contributed by atoms with van der Waals surface area (Å²) in [4.78, 5) is 0. The molecular weight excluding hydrogens is 132 g/mol. The maximum atomic E-state index is 2.00. The summed E-state index contributed by atoms with van der Waals surface area (Å²) >= 11 is 0. The topological polar surface area (TPSA) is 0 Å². The number of rotatable bonds is 0. The summed E-state index contributed by atoms with van der Waals surface area (Å²) < 4.78 is 0. The van der Waals surface area contributed by atoms with Gasteiger partial charge in [-0.2, -0.15) is 0 Å². The zero-order chi connectivity index (χ0) is 8.49. The average molecular weight is 134 g/mol. The monoisotopic (exact) mass is 136 g/mol. The third kappa shape index (κ3) is 5.97. The molecule has 0 fully saturated rings. The van der Waals surface area contributed by atoms with Crippen LogP contribution in [0.15, 0.2) is 12.0 Å². The molecular formula is C2H2B10. The van der Waals surface area contributed by atoms with Crippen LogP contribution in [0, 0.1) is 0 Å². The van der Waals surface area contributed by atoms with Crippen molar-refractivity contribution < 1.29 is 0 Å². The first kappa shape index (κ1) is 10.5. The van der Waals surface area contributed by atoms with Crippen molar-refractivity contribution in [2.75, 3.05) is 0 Å². The molecule has 1 rings (SSSR count). The molecule has 1 aliphatic rings. The summed E-state index contributed by atoms with van der Waals surface area (Å²) in [6.07, 6.45) is 0. The minimum absolute atomic E-state index is 2.00. The molecule has 0 unspecified atom stereocenters. The van der Waals surface area contributed by atoms with Gasteiger partial charge in [-0.1, -0.05) is 0 Å². The van der Waals surface area contributed by atoms with Crippen molar-refractivity contribution >= 4 is 67.1 Å². The third-order valence-corrected chi connectivity index (χ3v) is 1.33. The van der Waals surface area contributed by atoms with Gasteiger partial charge in [-0.3, -0.25) is 0 Å². The molecule has 0 N–H and O–H groups in total. The summed E-state index contributed by atoms with van der Waals surface area (Å²) in [6.45, 7) is 20.0. The van der Waals surface area contributed by atoms with Gasteiger partial charge in [0, 0.05) is 0 Å². The van der Waals surface area contributed by atoms with Gasteiger partial charge < -0.3 is 0 Å². The zero-order valence-corrected chi connectivity index (χ0v) is 6.93. The molecule has 0 atom stereocenters. The molecule has 0 saturated carbocycles. The molecule has 1 heterocycles. The van der Waals surface area contributed by atoms with E-state index in [9.17, 15) is 0 Å². The van der Waals surface area contributed by atoms with Crippen molar-refractivity contribution in [2.24, 2.45) is 0 Å². The van der Waals surface area contributed by atoms with E-state index < -0.39 is 0 Å². The fourth-order valence-corrected chi connectivity index (χ4v) is 0.770. The van der Waals surface area contributed by atoms with Crippen LogP contribution in [-0.2, 0) is 0 Å². The molecule has 0 aliphatic carbocycles. The molecule has 0 aromatic carbocycles. The van der Waals surface area contributed by atoms with Crippen LogP contribution in [0.3, 0.4) is 0 Å². The van der Waals surface area contributed by atoms with Crippen LogP contribution >= 0.6 is 0 Å². The van der Waals surface area contributed by atoms with Crippen molar-refractivity contribution in [3.63, 3.8) is 0 Å². The first-order chi connectivity index (χ1) is 6.00. The zero-order valence-electron chi connectivity index (χ0n) is 6.93. The van der Waals surface area contributed by atoms with Crippen LogP contribution < -0.4 is 0 Å². The van der Waals surface area contributed by atoms with Gasteiger partial charge in [0.1, 0.15) is 0 Å². The molecule has 0 saturated heterocycles. The Hall–Kier alpha value is 0.389. The fourth-order valence-electron chi connectivity index (χ4n) is 0.770. The normalized spacial score (nSPS) is 12.0. The van der Waals surface area contributed by atoms with Crippen LogP contribution in [0.25, 0.3) is 0 Å². The first-order valence-electron chi connectivity index (χ1n) is 4.00. The second-order valence-corrected chi connectivity index (χ2v) is 2.31. The predicted molar refractivity (Wildman–Crippen MR) is 66.7 cm³/mol. The van der Waals surface area contributed by atoms with Gasteiger partial charge in [-0.25, -0.2) is 0 Å². The Bertz CT molecular complexity index is 177. The predicted octanol–water partition coefficient (Wildman–Crippen LogP) is -3.25. The first-order valence-corrected chi connectivity index (χ1v) is 4.00. The van der Waals surface area contributed by atoms with Gasteiger partial charge >= 0.3 is 79.1 Å². The summed E-state index contributed by atoms with van der Waals surface area (Å²) in [6, 6.07) is 0. The summed E-state index contributed by atoms with van der Waals surface area (Å²) in [7, 11) is 0. The van der Waals surface area contributed by atoms with E-state index in [4.69, 9.17) is 0 Å². The van der Waals surface area contributed by atoms with Gasteiger partial charge in [0.2, 0.25) is 0 Å². The van der Waals surface area contributed by atoms with E-state index in [0.717, 1.165) is 0 Å². The van der Waals surface area contributed by atoms with Gasteiger partial charge in [0.25, 0.3) is 0 Å². The van der Waals surface area contributed by atoms with E-state index in [1.165, 1.54) is 0 Å². The maximum absolute atomic E-state index is 2.00. The molecule has 40 valence electrons. The Kier molecular flexibility index (Phi) is 6.99. The Morgan fingerprint density at radius 3 is 1.17 bits per heavy atom. The standard InChI is InChI=1S/C2H2B10/c1-2-4-6-8-10-12-11-9-7-5-3-1/h1-2H/b2-1+. The van der Waals surface area contributed by atoms with Crippen molar-refractivity contribution in [3.05, 3.63) is 12.0 Å². The van der Waals surface area contributed by atoms with Gasteiger partial charge in [-0.05, 0) is 0 Å². The van der Waals surface area contributed by atoms with Gasteiger partial charge in [0.15, 0.2) is 0 Å². The van der Waals surface area contributed by atoms with E-state index in [0.29, 0.717) is 0 Å². The van der Waals surface area contributed by atoms with Crippen LogP contribution in [0.2, 0.25) is 0 Å². The summed E-state index contributed by atoms with van der Waals surface area (Å²) in [5.74, 6) is 4.00. The molecule has 0 nitrogen and oxygen atoms in total. The van der Waals surface area contributed by atoms with E-state index in [-0.39, 0.29) is 0 Å². The van der Waals surface area contributed by atoms with Crippen LogP contribution in [0.5, 0.6) is 0 Å². The second-order valence-electron chi connectivity index (χ2n) is 2.31. The quantitative estimate of drug-likeness (QED) is 0.305. The van der Waals surface area contributed by atoms with Crippen molar-refractivity contribution in [3.8, 4) is 0 Å². The van der Waals surface area contributed by atoms with Crippen molar-refractivity contribution in [1.29, 1.82) is 0 Å². The number of hydrogen-bond donors (Lipinski definition) is 0. The Morgan fingerprint density at radius 1 is 0.417 bits per heavy atom. The Labute approximate surface area is 79.4 Å². The molecule has 0 spiro atoms. The van der Waals surface area contributed by atoms with Crippen LogP contribution in [0.4, 0.5) is 0 Å². The number of hydrogen-bond acceptors (Lipinski definition) is 0. The van der Waals surface area contributed by atoms with Gasteiger partial charge in [-0.15, -0.1) is 0 Å². The third-order valence-electron chi connectivity index (χ3n) is 1.33. The molecule has 10 heteroatoms.